The lowest BCUT2D eigenvalue weighted by Gasteiger charge is -2.08. The highest BCUT2D eigenvalue weighted by Crippen LogP contribution is 2.32. The molecule has 5 nitrogen and oxygen atoms in total. The molecule has 4 rings (SSSR count). The first-order chi connectivity index (χ1) is 10.9. The molecule has 0 unspecified atom stereocenters. The Balaban J connectivity index is 1.46. The van der Waals surface area contributed by atoms with Crippen molar-refractivity contribution in [3.63, 3.8) is 0 Å². The highest BCUT2D eigenvalue weighted by molar-refractivity contribution is 5.88. The number of para-hydroxylation sites is 1. The van der Waals surface area contributed by atoms with Crippen LogP contribution in [0.3, 0.4) is 0 Å². The number of hydrogen-bond donors (Lipinski definition) is 1. The topological polar surface area (TPSA) is 56.3 Å². The minimum absolute atomic E-state index is 0.309. The second kappa shape index (κ2) is 5.52. The van der Waals surface area contributed by atoms with Crippen molar-refractivity contribution < 1.29 is 9.47 Å². The smallest absolute Gasteiger partial charge is 0.231 e. The molecular formula is C17H15N3O2. The first kappa shape index (κ1) is 12.9. The molecule has 0 aliphatic carbocycles. The van der Waals surface area contributed by atoms with Crippen molar-refractivity contribution in [3.05, 3.63) is 54.4 Å². The number of benzene rings is 2. The van der Waals surface area contributed by atoms with Crippen LogP contribution in [0.4, 0.5) is 5.82 Å². The molecule has 0 spiro atoms. The minimum Gasteiger partial charge on any atom is -0.454 e. The van der Waals surface area contributed by atoms with E-state index in [1.165, 1.54) is 5.56 Å². The average Bonchev–Trinajstić information content (AvgIpc) is 3.03. The van der Waals surface area contributed by atoms with E-state index in [4.69, 9.17) is 9.47 Å². The third-order valence-electron chi connectivity index (χ3n) is 3.69. The van der Waals surface area contributed by atoms with Crippen molar-refractivity contribution in [1.82, 2.24) is 9.97 Å². The summed E-state index contributed by atoms with van der Waals surface area (Å²) in [5.74, 6) is 2.51. The van der Waals surface area contributed by atoms with Gasteiger partial charge in [0.05, 0.1) is 5.52 Å². The quantitative estimate of drug-likeness (QED) is 0.801. The zero-order valence-corrected chi connectivity index (χ0v) is 12.0. The third-order valence-corrected chi connectivity index (χ3v) is 3.69. The summed E-state index contributed by atoms with van der Waals surface area (Å²) in [7, 11) is 0. The van der Waals surface area contributed by atoms with Crippen molar-refractivity contribution in [3.8, 4) is 11.5 Å². The van der Waals surface area contributed by atoms with Crippen molar-refractivity contribution in [2.75, 3.05) is 18.7 Å². The summed E-state index contributed by atoms with van der Waals surface area (Å²) in [6, 6.07) is 14.0. The molecule has 22 heavy (non-hydrogen) atoms. The third kappa shape index (κ3) is 2.41. The number of nitrogens with zero attached hydrogens (tertiary/aromatic N) is 2. The van der Waals surface area contributed by atoms with E-state index in [0.717, 1.165) is 41.2 Å². The first-order valence-electron chi connectivity index (χ1n) is 7.22. The van der Waals surface area contributed by atoms with Gasteiger partial charge in [0.25, 0.3) is 0 Å². The van der Waals surface area contributed by atoms with Gasteiger partial charge >= 0.3 is 0 Å². The fraction of sp³-hybridized carbons (Fsp3) is 0.176. The molecule has 0 saturated carbocycles. The second-order valence-corrected chi connectivity index (χ2v) is 5.10. The van der Waals surface area contributed by atoms with Crippen molar-refractivity contribution >= 4 is 16.7 Å². The van der Waals surface area contributed by atoms with E-state index in [2.05, 4.69) is 21.4 Å². The van der Waals surface area contributed by atoms with E-state index in [1.54, 1.807) is 6.33 Å². The SMILES string of the molecule is c1ccc2c(NCCc3ccc4c(c3)OCO4)ncnc2c1. The fourth-order valence-electron chi connectivity index (χ4n) is 2.57. The molecule has 5 heteroatoms. The Kier molecular flexibility index (Phi) is 3.23. The maximum atomic E-state index is 5.40. The van der Waals surface area contributed by atoms with E-state index >= 15 is 0 Å². The van der Waals surface area contributed by atoms with Crippen LogP contribution < -0.4 is 14.8 Å². The molecule has 110 valence electrons. The van der Waals surface area contributed by atoms with Crippen LogP contribution in [0, 0.1) is 0 Å². The Bertz CT molecular complexity index is 815. The largest absolute Gasteiger partial charge is 0.454 e. The molecule has 2 heterocycles. The van der Waals surface area contributed by atoms with E-state index in [0.29, 0.717) is 6.79 Å². The Morgan fingerprint density at radius 3 is 2.91 bits per heavy atom. The second-order valence-electron chi connectivity index (χ2n) is 5.10. The normalized spacial score (nSPS) is 12.5. The van der Waals surface area contributed by atoms with Gasteiger partial charge < -0.3 is 14.8 Å². The van der Waals surface area contributed by atoms with Crippen LogP contribution in [0.5, 0.6) is 11.5 Å². The van der Waals surface area contributed by atoms with Gasteiger partial charge in [0.2, 0.25) is 6.79 Å². The van der Waals surface area contributed by atoms with Gasteiger partial charge in [-0.15, -0.1) is 0 Å². The zero-order chi connectivity index (χ0) is 14.8. The standard InChI is InChI=1S/C17H15N3O2/c1-2-4-14-13(3-1)17(20-10-19-14)18-8-7-12-5-6-15-16(9-12)22-11-21-15/h1-6,9-10H,7-8,11H2,(H,18,19,20). The summed E-state index contributed by atoms with van der Waals surface area (Å²) >= 11 is 0. The molecule has 0 atom stereocenters. The molecule has 0 bridgehead atoms. The van der Waals surface area contributed by atoms with Gasteiger partial charge in [0.15, 0.2) is 11.5 Å². The number of rotatable bonds is 4. The molecular weight excluding hydrogens is 278 g/mol. The van der Waals surface area contributed by atoms with Crippen LogP contribution in [-0.4, -0.2) is 23.3 Å². The Morgan fingerprint density at radius 1 is 1.00 bits per heavy atom. The summed E-state index contributed by atoms with van der Waals surface area (Å²) in [5.41, 5.74) is 2.15. The van der Waals surface area contributed by atoms with Gasteiger partial charge in [0, 0.05) is 11.9 Å². The molecule has 0 radical (unpaired) electrons. The monoisotopic (exact) mass is 293 g/mol. The summed E-state index contributed by atoms with van der Waals surface area (Å²) in [6.07, 6.45) is 2.47. The van der Waals surface area contributed by atoms with Gasteiger partial charge in [-0.2, -0.15) is 0 Å². The van der Waals surface area contributed by atoms with Crippen LogP contribution in [0.1, 0.15) is 5.56 Å². The summed E-state index contributed by atoms with van der Waals surface area (Å²) in [6.45, 7) is 1.10. The number of aromatic nitrogens is 2. The average molecular weight is 293 g/mol. The maximum Gasteiger partial charge on any atom is 0.231 e. The lowest BCUT2D eigenvalue weighted by atomic mass is 10.1. The minimum atomic E-state index is 0.309. The Morgan fingerprint density at radius 2 is 1.91 bits per heavy atom. The molecule has 0 fully saturated rings. The zero-order valence-electron chi connectivity index (χ0n) is 12.0. The highest BCUT2D eigenvalue weighted by atomic mass is 16.7. The van der Waals surface area contributed by atoms with Gasteiger partial charge in [-0.25, -0.2) is 9.97 Å². The summed E-state index contributed by atoms with van der Waals surface area (Å²) < 4.78 is 10.7. The summed E-state index contributed by atoms with van der Waals surface area (Å²) in [5, 5.41) is 4.42. The molecule has 1 N–H and O–H groups in total. The van der Waals surface area contributed by atoms with Crippen LogP contribution in [0.15, 0.2) is 48.8 Å². The predicted molar refractivity (Wildman–Crippen MR) is 84.3 cm³/mol. The number of ether oxygens (including phenoxy) is 2. The number of nitrogens with one attached hydrogen (secondary N) is 1. The van der Waals surface area contributed by atoms with Crippen LogP contribution in [0.2, 0.25) is 0 Å². The first-order valence-corrected chi connectivity index (χ1v) is 7.22. The van der Waals surface area contributed by atoms with Crippen molar-refractivity contribution in [2.24, 2.45) is 0 Å². The molecule has 1 aromatic heterocycles. The van der Waals surface area contributed by atoms with E-state index in [9.17, 15) is 0 Å². The van der Waals surface area contributed by atoms with Gasteiger partial charge in [-0.05, 0) is 36.2 Å². The molecule has 1 aliphatic heterocycles. The molecule has 3 aromatic rings. The summed E-state index contributed by atoms with van der Waals surface area (Å²) in [4.78, 5) is 8.59. The number of hydrogen-bond acceptors (Lipinski definition) is 5. The van der Waals surface area contributed by atoms with Crippen molar-refractivity contribution in [2.45, 2.75) is 6.42 Å². The van der Waals surface area contributed by atoms with Crippen molar-refractivity contribution in [1.29, 1.82) is 0 Å². The van der Waals surface area contributed by atoms with Crippen LogP contribution in [-0.2, 0) is 6.42 Å². The number of fused-ring (bicyclic) bond motifs is 2. The fourth-order valence-corrected chi connectivity index (χ4v) is 2.57. The lowest BCUT2D eigenvalue weighted by Crippen LogP contribution is -2.07. The van der Waals surface area contributed by atoms with Gasteiger partial charge in [0.1, 0.15) is 12.1 Å². The Hall–Kier alpha value is -2.82. The van der Waals surface area contributed by atoms with Crippen LogP contribution in [0.25, 0.3) is 10.9 Å². The molecule has 0 amide bonds. The van der Waals surface area contributed by atoms with Gasteiger partial charge in [-0.3, -0.25) is 0 Å². The van der Waals surface area contributed by atoms with E-state index < -0.39 is 0 Å². The Labute approximate surface area is 127 Å². The highest BCUT2D eigenvalue weighted by Gasteiger charge is 2.13. The lowest BCUT2D eigenvalue weighted by molar-refractivity contribution is 0.174. The molecule has 0 saturated heterocycles. The molecule has 2 aromatic carbocycles. The van der Waals surface area contributed by atoms with E-state index in [-0.39, 0.29) is 0 Å². The molecule has 1 aliphatic rings. The maximum absolute atomic E-state index is 5.40. The van der Waals surface area contributed by atoms with E-state index in [1.807, 2.05) is 36.4 Å². The number of anilines is 1. The van der Waals surface area contributed by atoms with Gasteiger partial charge in [-0.1, -0.05) is 18.2 Å². The predicted octanol–water partition coefficient (Wildman–Crippen LogP) is 3.01. The van der Waals surface area contributed by atoms with Crippen LogP contribution >= 0.6 is 0 Å².